The van der Waals surface area contributed by atoms with E-state index in [4.69, 9.17) is 4.52 Å². The molecule has 1 amide bonds. The lowest BCUT2D eigenvalue weighted by molar-refractivity contribution is 0.0943. The summed E-state index contributed by atoms with van der Waals surface area (Å²) in [5, 5.41) is 10.2. The van der Waals surface area contributed by atoms with Crippen molar-refractivity contribution >= 4 is 11.6 Å². The summed E-state index contributed by atoms with van der Waals surface area (Å²) in [5.74, 6) is 1.13. The average Bonchev–Trinajstić information content (AvgIpc) is 3.08. The summed E-state index contributed by atoms with van der Waals surface area (Å²) < 4.78 is 5.32. The minimum atomic E-state index is -0.0663. The number of hydrogen-bond acceptors (Lipinski definition) is 5. The highest BCUT2D eigenvalue weighted by Gasteiger charge is 2.10. The van der Waals surface area contributed by atoms with Crippen molar-refractivity contribution in [3.63, 3.8) is 0 Å². The molecular formula is C21H24N4O2. The Hall–Kier alpha value is -3.15. The molecule has 6 nitrogen and oxygen atoms in total. The normalized spacial score (nSPS) is 10.8. The van der Waals surface area contributed by atoms with E-state index in [0.717, 1.165) is 16.8 Å². The lowest BCUT2D eigenvalue weighted by Gasteiger charge is -2.11. The number of nitrogens with zero attached hydrogens (tertiary/aromatic N) is 2. The average molecular weight is 364 g/mol. The predicted octanol–water partition coefficient (Wildman–Crippen LogP) is 3.72. The zero-order valence-electron chi connectivity index (χ0n) is 15.8. The molecule has 140 valence electrons. The van der Waals surface area contributed by atoms with Crippen LogP contribution in [0.2, 0.25) is 0 Å². The standard InChI is InChI=1S/C21H24N4O2/c1-14(2)23-21(26)17-9-10-18(15(3)11-17)22-13-19-24-20(27-25-19)12-16-7-5-4-6-8-16/h4-11,14,22H,12-13H2,1-3H3,(H,23,26). The van der Waals surface area contributed by atoms with Crippen LogP contribution in [0, 0.1) is 6.92 Å². The summed E-state index contributed by atoms with van der Waals surface area (Å²) in [7, 11) is 0. The highest BCUT2D eigenvalue weighted by molar-refractivity contribution is 5.95. The number of nitrogens with one attached hydrogen (secondary N) is 2. The van der Waals surface area contributed by atoms with Gasteiger partial charge in [-0.05, 0) is 50.1 Å². The van der Waals surface area contributed by atoms with Gasteiger partial charge in [0.05, 0.1) is 13.0 Å². The van der Waals surface area contributed by atoms with E-state index in [1.165, 1.54) is 0 Å². The van der Waals surface area contributed by atoms with Gasteiger partial charge in [0.2, 0.25) is 5.89 Å². The Labute approximate surface area is 159 Å². The van der Waals surface area contributed by atoms with E-state index in [2.05, 4.69) is 20.8 Å². The van der Waals surface area contributed by atoms with Gasteiger partial charge in [0.1, 0.15) is 0 Å². The molecule has 3 aromatic rings. The molecule has 0 fully saturated rings. The van der Waals surface area contributed by atoms with Crippen molar-refractivity contribution in [2.24, 2.45) is 0 Å². The highest BCUT2D eigenvalue weighted by atomic mass is 16.5. The Morgan fingerprint density at radius 2 is 1.93 bits per heavy atom. The number of aryl methyl sites for hydroxylation is 1. The number of hydrogen-bond donors (Lipinski definition) is 2. The van der Waals surface area contributed by atoms with E-state index in [9.17, 15) is 4.79 Å². The smallest absolute Gasteiger partial charge is 0.251 e. The number of benzene rings is 2. The fourth-order valence-corrected chi connectivity index (χ4v) is 2.73. The monoisotopic (exact) mass is 364 g/mol. The summed E-state index contributed by atoms with van der Waals surface area (Å²) in [6.07, 6.45) is 0.618. The molecule has 2 aromatic carbocycles. The molecule has 6 heteroatoms. The third kappa shape index (κ3) is 5.17. The van der Waals surface area contributed by atoms with Crippen molar-refractivity contribution in [2.75, 3.05) is 5.32 Å². The van der Waals surface area contributed by atoms with Crippen molar-refractivity contribution in [1.29, 1.82) is 0 Å². The quantitative estimate of drug-likeness (QED) is 0.668. The number of rotatable bonds is 7. The van der Waals surface area contributed by atoms with Crippen molar-refractivity contribution in [1.82, 2.24) is 15.5 Å². The second-order valence-electron chi connectivity index (χ2n) is 6.78. The molecule has 0 saturated carbocycles. The van der Waals surface area contributed by atoms with E-state index in [1.54, 1.807) is 0 Å². The van der Waals surface area contributed by atoms with Crippen molar-refractivity contribution in [2.45, 2.75) is 39.8 Å². The number of anilines is 1. The molecule has 0 aliphatic heterocycles. The Morgan fingerprint density at radius 3 is 2.63 bits per heavy atom. The molecule has 1 aromatic heterocycles. The van der Waals surface area contributed by atoms with Crippen LogP contribution in [0.3, 0.4) is 0 Å². The molecule has 0 bridgehead atoms. The highest BCUT2D eigenvalue weighted by Crippen LogP contribution is 2.17. The summed E-state index contributed by atoms with van der Waals surface area (Å²) in [5.41, 5.74) is 3.70. The van der Waals surface area contributed by atoms with Crippen LogP contribution in [0.5, 0.6) is 0 Å². The summed E-state index contributed by atoms with van der Waals surface area (Å²) in [4.78, 5) is 16.5. The molecule has 27 heavy (non-hydrogen) atoms. The first-order valence-electron chi connectivity index (χ1n) is 9.02. The number of carbonyl (C=O) groups excluding carboxylic acids is 1. The van der Waals surface area contributed by atoms with Crippen molar-refractivity contribution < 1.29 is 9.32 Å². The Morgan fingerprint density at radius 1 is 1.15 bits per heavy atom. The lowest BCUT2D eigenvalue weighted by Crippen LogP contribution is -2.30. The van der Waals surface area contributed by atoms with Gasteiger partial charge >= 0.3 is 0 Å². The third-order valence-corrected chi connectivity index (χ3v) is 4.05. The van der Waals surface area contributed by atoms with Crippen LogP contribution in [-0.2, 0) is 13.0 Å². The Kier molecular flexibility index (Phi) is 5.86. The van der Waals surface area contributed by atoms with Crippen LogP contribution in [0.25, 0.3) is 0 Å². The van der Waals surface area contributed by atoms with E-state index in [0.29, 0.717) is 30.2 Å². The molecule has 0 aliphatic carbocycles. The number of carbonyl (C=O) groups is 1. The molecule has 0 spiro atoms. The third-order valence-electron chi connectivity index (χ3n) is 4.05. The summed E-state index contributed by atoms with van der Waals surface area (Å²) in [6.45, 7) is 6.30. The molecule has 3 rings (SSSR count). The largest absolute Gasteiger partial charge is 0.377 e. The zero-order chi connectivity index (χ0) is 19.2. The van der Waals surface area contributed by atoms with Gasteiger partial charge in [0.15, 0.2) is 5.82 Å². The van der Waals surface area contributed by atoms with E-state index < -0.39 is 0 Å². The van der Waals surface area contributed by atoms with Gasteiger partial charge in [-0.15, -0.1) is 0 Å². The van der Waals surface area contributed by atoms with Crippen LogP contribution < -0.4 is 10.6 Å². The molecule has 2 N–H and O–H groups in total. The van der Waals surface area contributed by atoms with Crippen LogP contribution in [0.15, 0.2) is 53.1 Å². The first-order chi connectivity index (χ1) is 13.0. The van der Waals surface area contributed by atoms with Gasteiger partial charge < -0.3 is 15.2 Å². The zero-order valence-corrected chi connectivity index (χ0v) is 15.8. The molecule has 1 heterocycles. The molecule has 0 atom stereocenters. The maximum Gasteiger partial charge on any atom is 0.251 e. The fourth-order valence-electron chi connectivity index (χ4n) is 2.73. The van der Waals surface area contributed by atoms with Gasteiger partial charge in [-0.25, -0.2) is 0 Å². The minimum Gasteiger partial charge on any atom is -0.377 e. The molecule has 0 radical (unpaired) electrons. The molecule has 0 aliphatic rings. The van der Waals surface area contributed by atoms with Crippen LogP contribution in [0.4, 0.5) is 5.69 Å². The van der Waals surface area contributed by atoms with Gasteiger partial charge in [0.25, 0.3) is 5.91 Å². The first-order valence-corrected chi connectivity index (χ1v) is 9.02. The first kappa shape index (κ1) is 18.6. The van der Waals surface area contributed by atoms with Gasteiger partial charge in [-0.1, -0.05) is 35.5 Å². The van der Waals surface area contributed by atoms with E-state index >= 15 is 0 Å². The van der Waals surface area contributed by atoms with Crippen LogP contribution >= 0.6 is 0 Å². The molecule has 0 unspecified atom stereocenters. The van der Waals surface area contributed by atoms with E-state index in [1.807, 2.05) is 69.3 Å². The fraction of sp³-hybridized carbons (Fsp3) is 0.286. The maximum atomic E-state index is 12.1. The summed E-state index contributed by atoms with van der Waals surface area (Å²) in [6, 6.07) is 15.7. The Balaban J connectivity index is 1.59. The SMILES string of the molecule is Cc1cc(C(=O)NC(C)C)ccc1NCc1noc(Cc2ccccc2)n1. The second-order valence-corrected chi connectivity index (χ2v) is 6.78. The molecule has 0 saturated heterocycles. The number of aromatic nitrogens is 2. The van der Waals surface area contributed by atoms with E-state index in [-0.39, 0.29) is 11.9 Å². The second kappa shape index (κ2) is 8.49. The van der Waals surface area contributed by atoms with Crippen LogP contribution in [0.1, 0.15) is 47.0 Å². The van der Waals surface area contributed by atoms with Gasteiger partial charge in [-0.2, -0.15) is 4.98 Å². The summed E-state index contributed by atoms with van der Waals surface area (Å²) >= 11 is 0. The Bertz CT molecular complexity index is 904. The van der Waals surface area contributed by atoms with Gasteiger partial charge in [0, 0.05) is 17.3 Å². The molecular weight excluding hydrogens is 340 g/mol. The topological polar surface area (TPSA) is 80.0 Å². The maximum absolute atomic E-state index is 12.1. The van der Waals surface area contributed by atoms with Gasteiger partial charge in [-0.3, -0.25) is 4.79 Å². The minimum absolute atomic E-state index is 0.0663. The van der Waals surface area contributed by atoms with Crippen molar-refractivity contribution in [3.05, 3.63) is 76.9 Å². The predicted molar refractivity (Wildman–Crippen MR) is 105 cm³/mol. The number of amides is 1. The lowest BCUT2D eigenvalue weighted by atomic mass is 10.1. The van der Waals surface area contributed by atoms with Crippen molar-refractivity contribution in [3.8, 4) is 0 Å². The van der Waals surface area contributed by atoms with Crippen LogP contribution in [-0.4, -0.2) is 22.1 Å².